The maximum Gasteiger partial charge on any atom is 0.243 e. The van der Waals surface area contributed by atoms with Crippen molar-refractivity contribution in [2.24, 2.45) is 0 Å². The number of rotatable bonds is 9. The average molecular weight is 561 g/mol. The third kappa shape index (κ3) is 7.11. The molecule has 3 rings (SSSR count). The maximum absolute atomic E-state index is 13.4. The SMILES string of the molecule is CC(C(=O)NC1CCCC1)N(Cc1ccc(Cl)c(Cl)c1)C(=O)CN(C)S(=O)(=O)c1ccc(Cl)cc1. The number of carbonyl (C=O) groups excluding carboxylic acids is 2. The van der Waals surface area contributed by atoms with E-state index in [1.165, 1.54) is 36.2 Å². The molecule has 0 spiro atoms. The van der Waals surface area contributed by atoms with Crippen molar-refractivity contribution in [3.05, 3.63) is 63.1 Å². The lowest BCUT2D eigenvalue weighted by Crippen LogP contribution is -2.52. The third-order valence-electron chi connectivity index (χ3n) is 6.09. The van der Waals surface area contributed by atoms with Gasteiger partial charge in [-0.3, -0.25) is 9.59 Å². The number of amides is 2. The zero-order chi connectivity index (χ0) is 25.8. The third-order valence-corrected chi connectivity index (χ3v) is 8.89. The van der Waals surface area contributed by atoms with E-state index >= 15 is 0 Å². The lowest BCUT2D eigenvalue weighted by molar-refractivity contribution is -0.140. The molecule has 2 aromatic carbocycles. The molecule has 0 saturated heterocycles. The molecular weight excluding hydrogens is 533 g/mol. The highest BCUT2D eigenvalue weighted by Crippen LogP contribution is 2.24. The Morgan fingerprint density at radius 3 is 2.26 bits per heavy atom. The Hall–Kier alpha value is -1.84. The zero-order valence-electron chi connectivity index (χ0n) is 19.5. The number of halogens is 3. The summed E-state index contributed by atoms with van der Waals surface area (Å²) in [4.78, 5) is 27.8. The summed E-state index contributed by atoms with van der Waals surface area (Å²) in [5.41, 5.74) is 0.663. The number of hydrogen-bond donors (Lipinski definition) is 1. The number of nitrogens with one attached hydrogen (secondary N) is 1. The van der Waals surface area contributed by atoms with Crippen LogP contribution in [0.1, 0.15) is 38.2 Å². The monoisotopic (exact) mass is 559 g/mol. The van der Waals surface area contributed by atoms with Crippen molar-refractivity contribution in [3.8, 4) is 0 Å². The van der Waals surface area contributed by atoms with E-state index in [0.29, 0.717) is 20.6 Å². The molecule has 1 fully saturated rings. The van der Waals surface area contributed by atoms with E-state index in [1.807, 2.05) is 0 Å². The van der Waals surface area contributed by atoms with Gasteiger partial charge in [0.1, 0.15) is 6.04 Å². The van der Waals surface area contributed by atoms with Crippen molar-refractivity contribution in [3.63, 3.8) is 0 Å². The normalized spacial score (nSPS) is 15.3. The number of benzene rings is 2. The van der Waals surface area contributed by atoms with Crippen molar-refractivity contribution >= 4 is 56.6 Å². The molecule has 1 N–H and O–H groups in total. The Bertz CT molecular complexity index is 1170. The molecule has 0 radical (unpaired) electrons. The topological polar surface area (TPSA) is 86.8 Å². The Labute approximate surface area is 221 Å². The highest BCUT2D eigenvalue weighted by atomic mass is 35.5. The molecule has 2 amide bonds. The lowest BCUT2D eigenvalue weighted by Gasteiger charge is -2.31. The Morgan fingerprint density at radius 2 is 1.66 bits per heavy atom. The van der Waals surface area contributed by atoms with Crippen LogP contribution in [-0.4, -0.2) is 55.1 Å². The van der Waals surface area contributed by atoms with E-state index in [9.17, 15) is 18.0 Å². The van der Waals surface area contributed by atoms with Gasteiger partial charge in [0.2, 0.25) is 21.8 Å². The van der Waals surface area contributed by atoms with E-state index in [-0.39, 0.29) is 23.4 Å². The van der Waals surface area contributed by atoms with Crippen LogP contribution in [0.25, 0.3) is 0 Å². The highest BCUT2D eigenvalue weighted by Gasteiger charge is 2.31. The van der Waals surface area contributed by atoms with Crippen molar-refractivity contribution in [1.29, 1.82) is 0 Å². The van der Waals surface area contributed by atoms with Crippen LogP contribution in [0.15, 0.2) is 47.4 Å². The Morgan fingerprint density at radius 1 is 1.03 bits per heavy atom. The average Bonchev–Trinajstić information content (AvgIpc) is 3.32. The molecule has 1 aliphatic rings. The second-order valence-corrected chi connectivity index (χ2v) is 11.9. The number of nitrogens with zero attached hydrogens (tertiary/aromatic N) is 2. The summed E-state index contributed by atoms with van der Waals surface area (Å²) in [5, 5.41) is 4.10. The molecule has 1 unspecified atom stereocenters. The van der Waals surface area contributed by atoms with Crippen LogP contribution < -0.4 is 5.32 Å². The van der Waals surface area contributed by atoms with Gasteiger partial charge in [0, 0.05) is 24.7 Å². The van der Waals surface area contributed by atoms with Crippen LogP contribution in [0.4, 0.5) is 0 Å². The number of sulfonamides is 1. The first-order chi connectivity index (χ1) is 16.5. The van der Waals surface area contributed by atoms with E-state index in [4.69, 9.17) is 34.8 Å². The molecule has 35 heavy (non-hydrogen) atoms. The molecule has 0 heterocycles. The molecule has 190 valence electrons. The van der Waals surface area contributed by atoms with Gasteiger partial charge in [-0.25, -0.2) is 8.42 Å². The fourth-order valence-corrected chi connectivity index (χ4v) is 5.53. The molecule has 0 bridgehead atoms. The van der Waals surface area contributed by atoms with Gasteiger partial charge in [-0.1, -0.05) is 53.7 Å². The van der Waals surface area contributed by atoms with E-state index < -0.39 is 28.5 Å². The van der Waals surface area contributed by atoms with Crippen LogP contribution >= 0.6 is 34.8 Å². The van der Waals surface area contributed by atoms with Crippen LogP contribution in [0.2, 0.25) is 15.1 Å². The summed E-state index contributed by atoms with van der Waals surface area (Å²) in [5.74, 6) is -0.807. The summed E-state index contributed by atoms with van der Waals surface area (Å²) >= 11 is 18.0. The van der Waals surface area contributed by atoms with Crippen LogP contribution in [0.5, 0.6) is 0 Å². The molecule has 11 heteroatoms. The summed E-state index contributed by atoms with van der Waals surface area (Å²) in [6.45, 7) is 1.24. The van der Waals surface area contributed by atoms with E-state index in [1.54, 1.807) is 25.1 Å². The molecule has 2 aromatic rings. The van der Waals surface area contributed by atoms with Crippen molar-refractivity contribution in [2.45, 2.75) is 56.1 Å². The van der Waals surface area contributed by atoms with Crippen molar-refractivity contribution in [2.75, 3.05) is 13.6 Å². The molecular formula is C24H28Cl3N3O4S. The van der Waals surface area contributed by atoms with E-state index in [2.05, 4.69) is 5.32 Å². The molecule has 0 aromatic heterocycles. The van der Waals surface area contributed by atoms with Gasteiger partial charge < -0.3 is 10.2 Å². The fourth-order valence-electron chi connectivity index (χ4n) is 3.96. The largest absolute Gasteiger partial charge is 0.352 e. The summed E-state index contributed by atoms with van der Waals surface area (Å²) in [7, 11) is -2.62. The van der Waals surface area contributed by atoms with Gasteiger partial charge in [-0.2, -0.15) is 4.31 Å². The van der Waals surface area contributed by atoms with Crippen molar-refractivity contribution in [1.82, 2.24) is 14.5 Å². The standard InChI is InChI=1S/C24H28Cl3N3O4S/c1-16(24(32)28-19-5-3-4-6-19)30(14-17-7-12-21(26)22(27)13-17)23(31)15-29(2)35(33,34)20-10-8-18(25)9-11-20/h7-13,16,19H,3-6,14-15H2,1-2H3,(H,28,32). The first-order valence-corrected chi connectivity index (χ1v) is 13.8. The van der Waals surface area contributed by atoms with Crippen LogP contribution in [0.3, 0.4) is 0 Å². The smallest absolute Gasteiger partial charge is 0.243 e. The number of carbonyl (C=O) groups is 2. The minimum absolute atomic E-state index is 0.0141. The van der Waals surface area contributed by atoms with Gasteiger partial charge in [0.25, 0.3) is 0 Å². The van der Waals surface area contributed by atoms with Crippen molar-refractivity contribution < 1.29 is 18.0 Å². The molecule has 1 atom stereocenters. The quantitative estimate of drug-likeness (QED) is 0.480. The summed E-state index contributed by atoms with van der Waals surface area (Å²) in [6.07, 6.45) is 3.92. The van der Waals surface area contributed by atoms with Crippen LogP contribution in [0, 0.1) is 0 Å². The number of likely N-dealkylation sites (N-methyl/N-ethyl adjacent to an activating group) is 1. The molecule has 1 saturated carbocycles. The predicted octanol–water partition coefficient (Wildman–Crippen LogP) is 4.74. The Balaban J connectivity index is 1.81. The lowest BCUT2D eigenvalue weighted by atomic mass is 10.1. The Kier molecular flexibility index (Phi) is 9.46. The predicted molar refractivity (Wildman–Crippen MR) is 138 cm³/mol. The first-order valence-electron chi connectivity index (χ1n) is 11.2. The molecule has 7 nitrogen and oxygen atoms in total. The minimum Gasteiger partial charge on any atom is -0.352 e. The van der Waals surface area contributed by atoms with Gasteiger partial charge in [-0.05, 0) is 61.7 Å². The molecule has 1 aliphatic carbocycles. The van der Waals surface area contributed by atoms with Gasteiger partial charge in [0.15, 0.2) is 0 Å². The van der Waals surface area contributed by atoms with Gasteiger partial charge >= 0.3 is 0 Å². The summed E-state index contributed by atoms with van der Waals surface area (Å²) < 4.78 is 26.9. The highest BCUT2D eigenvalue weighted by molar-refractivity contribution is 7.89. The zero-order valence-corrected chi connectivity index (χ0v) is 22.6. The van der Waals surface area contributed by atoms with Crippen LogP contribution in [-0.2, 0) is 26.2 Å². The maximum atomic E-state index is 13.4. The van der Waals surface area contributed by atoms with Gasteiger partial charge in [0.05, 0.1) is 21.5 Å². The number of hydrogen-bond acceptors (Lipinski definition) is 4. The summed E-state index contributed by atoms with van der Waals surface area (Å²) in [6, 6.07) is 9.90. The second kappa shape index (κ2) is 11.9. The minimum atomic E-state index is -3.95. The first kappa shape index (κ1) is 27.7. The fraction of sp³-hybridized carbons (Fsp3) is 0.417. The van der Waals surface area contributed by atoms with E-state index in [0.717, 1.165) is 30.0 Å². The second-order valence-electron chi connectivity index (χ2n) is 8.65. The van der Waals surface area contributed by atoms with Gasteiger partial charge in [-0.15, -0.1) is 0 Å². The molecule has 0 aliphatic heterocycles.